The number of sulfonamides is 1. The molecule has 0 fully saturated rings. The van der Waals surface area contributed by atoms with Gasteiger partial charge in [-0.2, -0.15) is 0 Å². The van der Waals surface area contributed by atoms with Crippen molar-refractivity contribution >= 4 is 55.6 Å². The molecule has 0 saturated heterocycles. The van der Waals surface area contributed by atoms with Gasteiger partial charge in [0.05, 0.1) is 17.9 Å². The molecule has 4 N–H and O–H groups in total. The summed E-state index contributed by atoms with van der Waals surface area (Å²) in [6.45, 7) is 1.31. The molecular formula is C25H31ClN4O4S. The van der Waals surface area contributed by atoms with Gasteiger partial charge in [0, 0.05) is 60.9 Å². The topological polar surface area (TPSA) is 107 Å². The number of ether oxygens (including phenoxy) is 1. The van der Waals surface area contributed by atoms with E-state index in [1.54, 1.807) is 24.3 Å². The van der Waals surface area contributed by atoms with Crippen LogP contribution < -0.4 is 19.7 Å². The summed E-state index contributed by atoms with van der Waals surface area (Å²) in [7, 11) is 0.683. The summed E-state index contributed by atoms with van der Waals surface area (Å²) in [5, 5.41) is 15.9. The van der Waals surface area contributed by atoms with Crippen molar-refractivity contribution in [1.82, 2.24) is 10.3 Å². The van der Waals surface area contributed by atoms with Crippen molar-refractivity contribution in [2.24, 2.45) is 0 Å². The highest BCUT2D eigenvalue weighted by molar-refractivity contribution is 7.92. The number of benzene rings is 3. The summed E-state index contributed by atoms with van der Waals surface area (Å²) in [6, 6.07) is 19.1. The first-order valence-electron chi connectivity index (χ1n) is 11.0. The van der Waals surface area contributed by atoms with Crippen LogP contribution in [0.3, 0.4) is 0 Å². The second-order valence-corrected chi connectivity index (χ2v) is 10.3. The molecule has 10 heteroatoms. The Morgan fingerprint density at radius 3 is 2.46 bits per heavy atom. The Kier molecular flexibility index (Phi) is 8.50. The lowest BCUT2D eigenvalue weighted by atomic mass is 10.1. The minimum absolute atomic E-state index is 0. The molecule has 0 radical (unpaired) electrons. The first kappa shape index (κ1) is 26.6. The van der Waals surface area contributed by atoms with Gasteiger partial charge in [-0.1, -0.05) is 18.2 Å². The summed E-state index contributed by atoms with van der Waals surface area (Å²) >= 11 is 0. The number of hydrogen-bond acceptors (Lipinski definition) is 6. The van der Waals surface area contributed by atoms with Crippen molar-refractivity contribution in [3.05, 3.63) is 66.2 Å². The van der Waals surface area contributed by atoms with Crippen molar-refractivity contribution in [3.8, 4) is 5.75 Å². The van der Waals surface area contributed by atoms with Gasteiger partial charge < -0.3 is 25.0 Å². The summed E-state index contributed by atoms with van der Waals surface area (Å²) in [5.41, 5.74) is 4.30. The Balaban J connectivity index is 0.00000342. The first-order valence-corrected chi connectivity index (χ1v) is 12.9. The van der Waals surface area contributed by atoms with Crippen LogP contribution >= 0.6 is 12.4 Å². The van der Waals surface area contributed by atoms with Gasteiger partial charge in [-0.15, -0.1) is 12.4 Å². The number of rotatable bonds is 10. The van der Waals surface area contributed by atoms with Crippen LogP contribution in [0.25, 0.3) is 21.8 Å². The number of nitrogens with one attached hydrogen (secondary N) is 3. The Bertz CT molecular complexity index is 1410. The summed E-state index contributed by atoms with van der Waals surface area (Å²) in [5.74, 6) is 0.772. The molecule has 1 unspecified atom stereocenters. The molecule has 1 heterocycles. The minimum atomic E-state index is -3.37. The van der Waals surface area contributed by atoms with Gasteiger partial charge in [-0.25, -0.2) is 8.42 Å². The van der Waals surface area contributed by atoms with Crippen molar-refractivity contribution in [3.63, 3.8) is 0 Å². The van der Waals surface area contributed by atoms with Crippen LogP contribution in [0.2, 0.25) is 0 Å². The van der Waals surface area contributed by atoms with E-state index in [1.807, 2.05) is 26.2 Å². The standard InChI is InChI=1S/C25H30N4O4S.ClH/c1-29(2)19-7-9-21-22-10-8-20(15-24(22)27-23(21)14-19)33-12-11-26-16-25(30)17-5-4-6-18(13-17)28-34(3,31)32;/h4-10,13-15,25-28,30H,11-12,16H2,1-3H3;1H. The van der Waals surface area contributed by atoms with E-state index in [-0.39, 0.29) is 12.4 Å². The highest BCUT2D eigenvalue weighted by atomic mass is 35.5. The van der Waals surface area contributed by atoms with Gasteiger partial charge in [-0.05, 0) is 42.0 Å². The average Bonchev–Trinajstić information content (AvgIpc) is 3.14. The Morgan fingerprint density at radius 2 is 1.74 bits per heavy atom. The lowest BCUT2D eigenvalue weighted by molar-refractivity contribution is 0.172. The molecule has 0 bridgehead atoms. The number of aliphatic hydroxyl groups is 1. The third-order valence-electron chi connectivity index (χ3n) is 5.53. The Hall–Kier alpha value is -2.98. The second-order valence-electron chi connectivity index (χ2n) is 8.52. The van der Waals surface area contributed by atoms with Crippen LogP contribution in [0.15, 0.2) is 60.7 Å². The number of anilines is 2. The second kappa shape index (κ2) is 11.2. The van der Waals surface area contributed by atoms with Gasteiger partial charge in [-0.3, -0.25) is 4.72 Å². The zero-order chi connectivity index (χ0) is 24.3. The third-order valence-corrected chi connectivity index (χ3v) is 6.14. The smallest absolute Gasteiger partial charge is 0.229 e. The SMILES string of the molecule is CN(C)c1ccc2c(c1)[nH]c1cc(OCCNCC(O)c3cccc(NS(C)(=O)=O)c3)ccc12.Cl. The molecule has 8 nitrogen and oxygen atoms in total. The maximum absolute atomic E-state index is 11.4. The molecular weight excluding hydrogens is 488 g/mol. The molecule has 1 atom stereocenters. The summed E-state index contributed by atoms with van der Waals surface area (Å²) < 4.78 is 31.1. The van der Waals surface area contributed by atoms with Gasteiger partial charge in [0.1, 0.15) is 12.4 Å². The van der Waals surface area contributed by atoms with Gasteiger partial charge in [0.15, 0.2) is 0 Å². The molecule has 0 aliphatic heterocycles. The highest BCUT2D eigenvalue weighted by Gasteiger charge is 2.10. The predicted octanol–water partition coefficient (Wildman–Crippen LogP) is 3.88. The van der Waals surface area contributed by atoms with Crippen LogP contribution in [0, 0.1) is 0 Å². The van der Waals surface area contributed by atoms with Crippen LogP contribution in [0.5, 0.6) is 5.75 Å². The lowest BCUT2D eigenvalue weighted by Gasteiger charge is -2.14. The third kappa shape index (κ3) is 6.79. The number of hydrogen-bond donors (Lipinski definition) is 4. The van der Waals surface area contributed by atoms with E-state index >= 15 is 0 Å². The number of aromatic nitrogens is 1. The lowest BCUT2D eigenvalue weighted by Crippen LogP contribution is -2.26. The summed E-state index contributed by atoms with van der Waals surface area (Å²) in [6.07, 6.45) is 0.324. The summed E-state index contributed by atoms with van der Waals surface area (Å²) in [4.78, 5) is 5.54. The van der Waals surface area contributed by atoms with Crippen molar-refractivity contribution in [2.75, 3.05) is 49.7 Å². The molecule has 0 saturated carbocycles. The van der Waals surface area contributed by atoms with E-state index in [1.165, 1.54) is 5.39 Å². The molecule has 1 aromatic heterocycles. The normalized spacial score (nSPS) is 12.3. The quantitative estimate of drug-likeness (QED) is 0.237. The number of H-pyrrole nitrogens is 1. The van der Waals surface area contributed by atoms with Crippen LogP contribution in [-0.2, 0) is 10.0 Å². The molecule has 0 spiro atoms. The van der Waals surface area contributed by atoms with Gasteiger partial charge in [0.25, 0.3) is 0 Å². The zero-order valence-electron chi connectivity index (χ0n) is 19.9. The van der Waals surface area contributed by atoms with Crippen LogP contribution in [-0.4, -0.2) is 58.6 Å². The number of fused-ring (bicyclic) bond motifs is 3. The average molecular weight is 519 g/mol. The number of aliphatic hydroxyl groups excluding tert-OH is 1. The zero-order valence-corrected chi connectivity index (χ0v) is 21.5. The Morgan fingerprint density at radius 1 is 1.03 bits per heavy atom. The van der Waals surface area contributed by atoms with E-state index in [0.29, 0.717) is 30.9 Å². The molecule has 3 aromatic carbocycles. The van der Waals surface area contributed by atoms with E-state index in [9.17, 15) is 13.5 Å². The van der Waals surface area contributed by atoms with Crippen molar-refractivity contribution in [1.29, 1.82) is 0 Å². The van der Waals surface area contributed by atoms with E-state index < -0.39 is 16.1 Å². The van der Waals surface area contributed by atoms with Crippen LogP contribution in [0.4, 0.5) is 11.4 Å². The molecule has 35 heavy (non-hydrogen) atoms. The Labute approximate surface area is 211 Å². The van der Waals surface area contributed by atoms with Crippen molar-refractivity contribution in [2.45, 2.75) is 6.10 Å². The van der Waals surface area contributed by atoms with Crippen molar-refractivity contribution < 1.29 is 18.3 Å². The fraction of sp³-hybridized carbons (Fsp3) is 0.280. The van der Waals surface area contributed by atoms with Gasteiger partial charge in [0.2, 0.25) is 10.0 Å². The number of halogens is 1. The maximum Gasteiger partial charge on any atom is 0.229 e. The molecule has 0 aliphatic rings. The maximum atomic E-state index is 11.4. The fourth-order valence-corrected chi connectivity index (χ4v) is 4.42. The predicted molar refractivity (Wildman–Crippen MR) is 146 cm³/mol. The van der Waals surface area contributed by atoms with E-state index in [2.05, 4.69) is 44.2 Å². The molecule has 0 amide bonds. The minimum Gasteiger partial charge on any atom is -0.492 e. The van der Waals surface area contributed by atoms with E-state index in [4.69, 9.17) is 4.74 Å². The fourth-order valence-electron chi connectivity index (χ4n) is 3.87. The largest absolute Gasteiger partial charge is 0.492 e. The molecule has 4 rings (SSSR count). The number of aromatic amines is 1. The van der Waals surface area contributed by atoms with E-state index in [0.717, 1.165) is 34.1 Å². The molecule has 4 aromatic rings. The molecule has 0 aliphatic carbocycles. The number of nitrogens with zero attached hydrogens (tertiary/aromatic N) is 1. The van der Waals surface area contributed by atoms with Crippen LogP contribution in [0.1, 0.15) is 11.7 Å². The van der Waals surface area contributed by atoms with Gasteiger partial charge >= 0.3 is 0 Å². The molecule has 188 valence electrons. The first-order chi connectivity index (χ1) is 16.2. The monoisotopic (exact) mass is 518 g/mol. The highest BCUT2D eigenvalue weighted by Crippen LogP contribution is 2.30.